The van der Waals surface area contributed by atoms with E-state index >= 15 is 0 Å². The van der Waals surface area contributed by atoms with Gasteiger partial charge < -0.3 is 5.73 Å². The van der Waals surface area contributed by atoms with Crippen LogP contribution in [0.5, 0.6) is 0 Å². The van der Waals surface area contributed by atoms with Gasteiger partial charge in [0.05, 0.1) is 0 Å². The SMILES string of the molecule is Cl.NCC1CCCCN1CCc1ccccc1. The summed E-state index contributed by atoms with van der Waals surface area (Å²) in [5.41, 5.74) is 7.26. The molecule has 1 aliphatic rings. The maximum atomic E-state index is 5.82. The van der Waals surface area contributed by atoms with E-state index in [2.05, 4.69) is 35.2 Å². The Morgan fingerprint density at radius 3 is 2.65 bits per heavy atom. The van der Waals surface area contributed by atoms with Gasteiger partial charge in [0.2, 0.25) is 0 Å². The van der Waals surface area contributed by atoms with Crippen LogP contribution in [0.2, 0.25) is 0 Å². The fraction of sp³-hybridized carbons (Fsp3) is 0.571. The molecule has 2 rings (SSSR count). The molecule has 1 saturated heterocycles. The highest BCUT2D eigenvalue weighted by molar-refractivity contribution is 5.85. The summed E-state index contributed by atoms with van der Waals surface area (Å²) in [6, 6.07) is 11.4. The van der Waals surface area contributed by atoms with Crippen LogP contribution >= 0.6 is 12.4 Å². The zero-order chi connectivity index (χ0) is 11.2. The van der Waals surface area contributed by atoms with Crippen molar-refractivity contribution in [2.45, 2.75) is 31.7 Å². The molecule has 96 valence electrons. The Balaban J connectivity index is 0.00000144. The van der Waals surface area contributed by atoms with E-state index in [0.717, 1.165) is 19.5 Å². The minimum atomic E-state index is 0. The lowest BCUT2D eigenvalue weighted by Crippen LogP contribution is -2.44. The average molecular weight is 255 g/mol. The lowest BCUT2D eigenvalue weighted by Gasteiger charge is -2.34. The number of rotatable bonds is 4. The first-order chi connectivity index (χ1) is 7.90. The Morgan fingerprint density at radius 2 is 1.94 bits per heavy atom. The second-order valence-electron chi connectivity index (χ2n) is 4.66. The van der Waals surface area contributed by atoms with Gasteiger partial charge in [0.1, 0.15) is 0 Å². The molecule has 0 spiro atoms. The van der Waals surface area contributed by atoms with E-state index in [-0.39, 0.29) is 12.4 Å². The van der Waals surface area contributed by atoms with Gasteiger partial charge >= 0.3 is 0 Å². The first-order valence-corrected chi connectivity index (χ1v) is 6.38. The van der Waals surface area contributed by atoms with Gasteiger partial charge in [0, 0.05) is 19.1 Å². The Bertz CT molecular complexity index is 302. The molecule has 0 bridgehead atoms. The summed E-state index contributed by atoms with van der Waals surface area (Å²) in [6.07, 6.45) is 5.12. The van der Waals surface area contributed by atoms with E-state index in [1.54, 1.807) is 0 Å². The summed E-state index contributed by atoms with van der Waals surface area (Å²) in [5, 5.41) is 0. The van der Waals surface area contributed by atoms with E-state index in [1.165, 1.54) is 31.4 Å². The van der Waals surface area contributed by atoms with Crippen molar-refractivity contribution < 1.29 is 0 Å². The van der Waals surface area contributed by atoms with Gasteiger partial charge in [0.15, 0.2) is 0 Å². The average Bonchev–Trinajstić information content (AvgIpc) is 2.38. The van der Waals surface area contributed by atoms with Crippen molar-refractivity contribution in [1.29, 1.82) is 0 Å². The summed E-state index contributed by atoms with van der Waals surface area (Å²) in [7, 11) is 0. The topological polar surface area (TPSA) is 29.3 Å². The molecule has 3 heteroatoms. The number of piperidine rings is 1. The standard InChI is InChI=1S/C14H22N2.ClH/c15-12-14-8-4-5-10-16(14)11-9-13-6-2-1-3-7-13;/h1-3,6-7,14H,4-5,8-12,15H2;1H. The van der Waals surface area contributed by atoms with Crippen LogP contribution in [0.3, 0.4) is 0 Å². The van der Waals surface area contributed by atoms with Crippen LogP contribution in [0, 0.1) is 0 Å². The fourth-order valence-corrected chi connectivity index (χ4v) is 2.54. The van der Waals surface area contributed by atoms with E-state index < -0.39 is 0 Å². The molecule has 1 aromatic rings. The Kier molecular flexibility index (Phi) is 6.56. The minimum absolute atomic E-state index is 0. The van der Waals surface area contributed by atoms with Crippen molar-refractivity contribution in [2.75, 3.05) is 19.6 Å². The summed E-state index contributed by atoms with van der Waals surface area (Å²) < 4.78 is 0. The van der Waals surface area contributed by atoms with Crippen LogP contribution in [0.15, 0.2) is 30.3 Å². The lowest BCUT2D eigenvalue weighted by molar-refractivity contribution is 0.155. The predicted octanol–water partition coefficient (Wildman–Crippen LogP) is 2.46. The minimum Gasteiger partial charge on any atom is -0.329 e. The normalized spacial score (nSPS) is 20.9. The highest BCUT2D eigenvalue weighted by atomic mass is 35.5. The number of nitrogens with two attached hydrogens (primary N) is 1. The zero-order valence-corrected chi connectivity index (χ0v) is 11.2. The van der Waals surface area contributed by atoms with Gasteiger partial charge in [-0.3, -0.25) is 4.90 Å². The van der Waals surface area contributed by atoms with Crippen LogP contribution < -0.4 is 5.73 Å². The second kappa shape index (κ2) is 7.70. The van der Waals surface area contributed by atoms with Crippen LogP contribution in [-0.2, 0) is 6.42 Å². The molecule has 1 unspecified atom stereocenters. The van der Waals surface area contributed by atoms with Crippen LogP contribution in [0.25, 0.3) is 0 Å². The maximum absolute atomic E-state index is 5.82. The molecule has 0 aliphatic carbocycles. The lowest BCUT2D eigenvalue weighted by atomic mass is 10.0. The third-order valence-corrected chi connectivity index (χ3v) is 3.55. The number of halogens is 1. The number of benzene rings is 1. The fourth-order valence-electron chi connectivity index (χ4n) is 2.54. The molecule has 0 amide bonds. The monoisotopic (exact) mass is 254 g/mol. The van der Waals surface area contributed by atoms with E-state index in [1.807, 2.05) is 0 Å². The number of hydrogen-bond acceptors (Lipinski definition) is 2. The van der Waals surface area contributed by atoms with Gasteiger partial charge in [-0.2, -0.15) is 0 Å². The van der Waals surface area contributed by atoms with Crippen molar-refractivity contribution in [1.82, 2.24) is 4.90 Å². The third kappa shape index (κ3) is 4.30. The molecule has 0 saturated carbocycles. The quantitative estimate of drug-likeness (QED) is 0.895. The third-order valence-electron chi connectivity index (χ3n) is 3.55. The Hall–Kier alpha value is -0.570. The van der Waals surface area contributed by atoms with Gasteiger partial charge in [-0.05, 0) is 31.4 Å². The summed E-state index contributed by atoms with van der Waals surface area (Å²) in [4.78, 5) is 2.57. The second-order valence-corrected chi connectivity index (χ2v) is 4.66. The van der Waals surface area contributed by atoms with E-state index in [0.29, 0.717) is 6.04 Å². The first kappa shape index (κ1) is 14.5. The molecule has 0 radical (unpaired) electrons. The van der Waals surface area contributed by atoms with Crippen molar-refractivity contribution in [2.24, 2.45) is 5.73 Å². The Morgan fingerprint density at radius 1 is 1.18 bits per heavy atom. The van der Waals surface area contributed by atoms with Gasteiger partial charge in [0.25, 0.3) is 0 Å². The molecule has 1 atom stereocenters. The smallest absolute Gasteiger partial charge is 0.0218 e. The molecule has 0 aromatic heterocycles. The molecule has 1 aromatic carbocycles. The summed E-state index contributed by atoms with van der Waals surface area (Å²) in [5.74, 6) is 0. The Labute approximate surface area is 111 Å². The largest absolute Gasteiger partial charge is 0.329 e. The van der Waals surface area contributed by atoms with Gasteiger partial charge in [-0.15, -0.1) is 12.4 Å². The molecule has 2 nitrogen and oxygen atoms in total. The maximum Gasteiger partial charge on any atom is 0.0218 e. The van der Waals surface area contributed by atoms with Crippen LogP contribution in [-0.4, -0.2) is 30.6 Å². The number of nitrogens with zero attached hydrogens (tertiary/aromatic N) is 1. The predicted molar refractivity (Wildman–Crippen MR) is 75.7 cm³/mol. The van der Waals surface area contributed by atoms with Gasteiger partial charge in [-0.1, -0.05) is 36.8 Å². The van der Waals surface area contributed by atoms with Crippen molar-refractivity contribution in [3.63, 3.8) is 0 Å². The molecule has 1 fully saturated rings. The van der Waals surface area contributed by atoms with Crippen LogP contribution in [0.1, 0.15) is 24.8 Å². The van der Waals surface area contributed by atoms with Crippen molar-refractivity contribution in [3.8, 4) is 0 Å². The zero-order valence-electron chi connectivity index (χ0n) is 10.3. The molecule has 1 aliphatic heterocycles. The molecular formula is C14H23ClN2. The highest BCUT2D eigenvalue weighted by Gasteiger charge is 2.20. The number of hydrogen-bond donors (Lipinski definition) is 1. The molecule has 2 N–H and O–H groups in total. The molecule has 17 heavy (non-hydrogen) atoms. The van der Waals surface area contributed by atoms with Crippen molar-refractivity contribution >= 4 is 12.4 Å². The summed E-state index contributed by atoms with van der Waals surface area (Å²) in [6.45, 7) is 3.20. The molecular weight excluding hydrogens is 232 g/mol. The highest BCUT2D eigenvalue weighted by Crippen LogP contribution is 2.16. The molecule has 1 heterocycles. The van der Waals surface area contributed by atoms with Crippen LogP contribution in [0.4, 0.5) is 0 Å². The van der Waals surface area contributed by atoms with E-state index in [9.17, 15) is 0 Å². The van der Waals surface area contributed by atoms with Crippen molar-refractivity contribution in [3.05, 3.63) is 35.9 Å². The first-order valence-electron chi connectivity index (χ1n) is 6.38. The number of likely N-dealkylation sites (tertiary alicyclic amines) is 1. The van der Waals surface area contributed by atoms with Gasteiger partial charge in [-0.25, -0.2) is 0 Å². The summed E-state index contributed by atoms with van der Waals surface area (Å²) >= 11 is 0. The van der Waals surface area contributed by atoms with E-state index in [4.69, 9.17) is 5.73 Å².